The van der Waals surface area contributed by atoms with Gasteiger partial charge in [0.2, 0.25) is 0 Å². The highest BCUT2D eigenvalue weighted by atomic mass is 79.9. The van der Waals surface area contributed by atoms with E-state index in [2.05, 4.69) is 46.1 Å². The number of fused-ring (bicyclic) bond motifs is 1. The standard InChI is InChI=1S/C15H17BrN2OS/c1-9-8-17-15(20-9)10(2)18-13-5-6-19-14-4-3-11(16)7-12(13)14/h3-4,7-8,10,13,18H,5-6H2,1-2H3. The van der Waals surface area contributed by atoms with Gasteiger partial charge in [0.15, 0.2) is 0 Å². The molecule has 5 heteroatoms. The molecule has 20 heavy (non-hydrogen) atoms. The van der Waals surface area contributed by atoms with Gasteiger partial charge in [0.1, 0.15) is 10.8 Å². The quantitative estimate of drug-likeness (QED) is 0.889. The van der Waals surface area contributed by atoms with Crippen molar-refractivity contribution in [1.29, 1.82) is 0 Å². The lowest BCUT2D eigenvalue weighted by Gasteiger charge is -2.29. The molecule has 0 aliphatic carbocycles. The Morgan fingerprint density at radius 2 is 2.35 bits per heavy atom. The summed E-state index contributed by atoms with van der Waals surface area (Å²) in [4.78, 5) is 5.72. The van der Waals surface area contributed by atoms with Gasteiger partial charge in [0.25, 0.3) is 0 Å². The Labute approximate surface area is 131 Å². The van der Waals surface area contributed by atoms with Crippen LogP contribution in [0.15, 0.2) is 28.9 Å². The molecule has 1 aliphatic rings. The highest BCUT2D eigenvalue weighted by molar-refractivity contribution is 9.10. The lowest BCUT2D eigenvalue weighted by atomic mass is 10.00. The largest absolute Gasteiger partial charge is 0.493 e. The molecule has 3 nitrogen and oxygen atoms in total. The zero-order chi connectivity index (χ0) is 14.1. The summed E-state index contributed by atoms with van der Waals surface area (Å²) in [7, 11) is 0. The van der Waals surface area contributed by atoms with E-state index in [1.165, 1.54) is 10.4 Å². The molecule has 3 rings (SSSR count). The van der Waals surface area contributed by atoms with Crippen LogP contribution < -0.4 is 10.1 Å². The molecule has 0 saturated heterocycles. The predicted molar refractivity (Wildman–Crippen MR) is 85.4 cm³/mol. The second-order valence-electron chi connectivity index (χ2n) is 5.07. The summed E-state index contributed by atoms with van der Waals surface area (Å²) < 4.78 is 6.82. The number of benzene rings is 1. The maximum atomic E-state index is 5.73. The molecule has 2 unspecified atom stereocenters. The van der Waals surface area contributed by atoms with E-state index in [0.29, 0.717) is 6.04 Å². The number of hydrogen-bond donors (Lipinski definition) is 1. The van der Waals surface area contributed by atoms with Crippen molar-refractivity contribution in [3.63, 3.8) is 0 Å². The van der Waals surface area contributed by atoms with Gasteiger partial charge in [-0.1, -0.05) is 15.9 Å². The van der Waals surface area contributed by atoms with Crippen molar-refractivity contribution in [3.8, 4) is 5.75 Å². The fourth-order valence-electron chi connectivity index (χ4n) is 2.48. The molecule has 0 radical (unpaired) electrons. The van der Waals surface area contributed by atoms with Gasteiger partial charge in [0.05, 0.1) is 12.6 Å². The third-order valence-corrected chi connectivity index (χ3v) is 5.06. The van der Waals surface area contributed by atoms with E-state index in [1.54, 1.807) is 11.3 Å². The minimum Gasteiger partial charge on any atom is -0.493 e. The fraction of sp³-hybridized carbons (Fsp3) is 0.400. The van der Waals surface area contributed by atoms with Crippen molar-refractivity contribution < 1.29 is 4.74 Å². The zero-order valence-corrected chi connectivity index (χ0v) is 13.9. The molecule has 2 aromatic rings. The molecular formula is C15H17BrN2OS. The number of aryl methyl sites for hydroxylation is 1. The van der Waals surface area contributed by atoms with Gasteiger partial charge in [-0.3, -0.25) is 0 Å². The van der Waals surface area contributed by atoms with Crippen molar-refractivity contribution in [1.82, 2.24) is 10.3 Å². The Hall–Kier alpha value is -0.910. The molecular weight excluding hydrogens is 336 g/mol. The molecule has 1 aromatic carbocycles. The van der Waals surface area contributed by atoms with Gasteiger partial charge < -0.3 is 10.1 Å². The van der Waals surface area contributed by atoms with Crippen molar-refractivity contribution >= 4 is 27.3 Å². The summed E-state index contributed by atoms with van der Waals surface area (Å²) in [6.45, 7) is 5.02. The third kappa shape index (κ3) is 2.90. The van der Waals surface area contributed by atoms with Crippen LogP contribution in [0.5, 0.6) is 5.75 Å². The first-order valence-corrected chi connectivity index (χ1v) is 8.35. The van der Waals surface area contributed by atoms with Crippen LogP contribution >= 0.6 is 27.3 Å². The SMILES string of the molecule is Cc1cnc(C(C)NC2CCOc3ccc(Br)cc32)s1. The normalized spacial score (nSPS) is 19.2. The maximum absolute atomic E-state index is 5.73. The monoisotopic (exact) mass is 352 g/mol. The van der Waals surface area contributed by atoms with E-state index in [4.69, 9.17) is 4.74 Å². The smallest absolute Gasteiger partial charge is 0.124 e. The van der Waals surface area contributed by atoms with Gasteiger partial charge in [-0.15, -0.1) is 11.3 Å². The average Bonchev–Trinajstić information content (AvgIpc) is 2.86. The first kappa shape index (κ1) is 14.0. The predicted octanol–water partition coefficient (Wildman–Crippen LogP) is 4.39. The van der Waals surface area contributed by atoms with Crippen molar-refractivity contribution in [2.45, 2.75) is 32.4 Å². The zero-order valence-electron chi connectivity index (χ0n) is 11.5. The molecule has 0 spiro atoms. The highest BCUT2D eigenvalue weighted by Gasteiger charge is 2.24. The van der Waals surface area contributed by atoms with Gasteiger partial charge in [-0.05, 0) is 32.0 Å². The lowest BCUT2D eigenvalue weighted by Crippen LogP contribution is -2.29. The van der Waals surface area contributed by atoms with Crippen LogP contribution in [0.25, 0.3) is 0 Å². The number of thiazole rings is 1. The Bertz CT molecular complexity index is 614. The van der Waals surface area contributed by atoms with Crippen LogP contribution in [-0.4, -0.2) is 11.6 Å². The Morgan fingerprint density at radius 1 is 1.50 bits per heavy atom. The van der Waals surface area contributed by atoms with E-state index in [9.17, 15) is 0 Å². The van der Waals surface area contributed by atoms with Crippen molar-refractivity contribution in [2.75, 3.05) is 6.61 Å². The summed E-state index contributed by atoms with van der Waals surface area (Å²) >= 11 is 5.29. The number of rotatable bonds is 3. The van der Waals surface area contributed by atoms with Gasteiger partial charge in [-0.2, -0.15) is 0 Å². The number of ether oxygens (including phenoxy) is 1. The first-order chi connectivity index (χ1) is 9.63. The first-order valence-electron chi connectivity index (χ1n) is 6.74. The Morgan fingerprint density at radius 3 is 3.10 bits per heavy atom. The summed E-state index contributed by atoms with van der Waals surface area (Å²) in [6.07, 6.45) is 2.92. The highest BCUT2D eigenvalue weighted by Crippen LogP contribution is 2.35. The molecule has 1 aliphatic heterocycles. The molecule has 0 saturated carbocycles. The topological polar surface area (TPSA) is 34.2 Å². The van der Waals surface area contributed by atoms with Crippen LogP contribution in [0.3, 0.4) is 0 Å². The molecule has 2 heterocycles. The Balaban J connectivity index is 1.80. The number of aromatic nitrogens is 1. The summed E-state index contributed by atoms with van der Waals surface area (Å²) in [5.41, 5.74) is 1.23. The second-order valence-corrected chi connectivity index (χ2v) is 7.25. The molecule has 0 amide bonds. The molecule has 2 atom stereocenters. The van der Waals surface area contributed by atoms with E-state index < -0.39 is 0 Å². The maximum Gasteiger partial charge on any atom is 0.124 e. The van der Waals surface area contributed by atoms with Gasteiger partial charge >= 0.3 is 0 Å². The number of nitrogens with one attached hydrogen (secondary N) is 1. The minimum atomic E-state index is 0.253. The summed E-state index contributed by atoms with van der Waals surface area (Å²) in [6, 6.07) is 6.77. The number of nitrogens with zero attached hydrogens (tertiary/aromatic N) is 1. The van der Waals surface area contributed by atoms with E-state index >= 15 is 0 Å². The molecule has 0 fully saturated rings. The Kier molecular flexibility index (Phi) is 4.10. The number of halogens is 1. The second kappa shape index (κ2) is 5.84. The fourth-order valence-corrected chi connectivity index (χ4v) is 3.65. The summed E-state index contributed by atoms with van der Waals surface area (Å²) in [5.74, 6) is 0.986. The van der Waals surface area contributed by atoms with Gasteiger partial charge in [0, 0.05) is 33.6 Å². The number of hydrogen-bond acceptors (Lipinski definition) is 4. The molecule has 1 N–H and O–H groups in total. The van der Waals surface area contributed by atoms with Crippen LogP contribution in [0.4, 0.5) is 0 Å². The van der Waals surface area contributed by atoms with Crippen LogP contribution in [-0.2, 0) is 0 Å². The van der Waals surface area contributed by atoms with E-state index in [0.717, 1.165) is 28.3 Å². The lowest BCUT2D eigenvalue weighted by molar-refractivity contribution is 0.246. The van der Waals surface area contributed by atoms with Crippen LogP contribution in [0.2, 0.25) is 0 Å². The third-order valence-electron chi connectivity index (χ3n) is 3.47. The van der Waals surface area contributed by atoms with Gasteiger partial charge in [-0.25, -0.2) is 4.98 Å². The molecule has 1 aromatic heterocycles. The van der Waals surface area contributed by atoms with Crippen LogP contribution in [0, 0.1) is 6.92 Å². The summed E-state index contributed by atoms with van der Waals surface area (Å²) in [5, 5.41) is 4.82. The van der Waals surface area contributed by atoms with Crippen molar-refractivity contribution in [2.24, 2.45) is 0 Å². The minimum absolute atomic E-state index is 0.253. The van der Waals surface area contributed by atoms with Crippen molar-refractivity contribution in [3.05, 3.63) is 44.3 Å². The van der Waals surface area contributed by atoms with E-state index in [1.807, 2.05) is 18.3 Å². The molecule has 0 bridgehead atoms. The van der Waals surface area contributed by atoms with Crippen LogP contribution in [0.1, 0.15) is 40.9 Å². The average molecular weight is 353 g/mol. The molecule has 106 valence electrons. The van der Waals surface area contributed by atoms with E-state index in [-0.39, 0.29) is 6.04 Å².